The van der Waals surface area contributed by atoms with Crippen LogP contribution in [0.3, 0.4) is 0 Å². The van der Waals surface area contributed by atoms with Crippen LogP contribution in [0.2, 0.25) is 0 Å². The topological polar surface area (TPSA) is 77.8 Å². The molecule has 1 unspecified atom stereocenters. The van der Waals surface area contributed by atoms with Crippen LogP contribution in [0.25, 0.3) is 11.5 Å². The predicted molar refractivity (Wildman–Crippen MR) is 66.7 cm³/mol. The number of nitrogens with zero attached hydrogens (tertiary/aromatic N) is 3. The van der Waals surface area contributed by atoms with Crippen molar-refractivity contribution in [2.45, 2.75) is 32.2 Å². The number of rotatable bonds is 4. The summed E-state index contributed by atoms with van der Waals surface area (Å²) in [5.74, 6) is 1.79. The van der Waals surface area contributed by atoms with E-state index in [1.54, 1.807) is 6.20 Å². The SMILES string of the molecule is Cc1cccnc1-c1noc(CC(N)C2CC2)n1. The van der Waals surface area contributed by atoms with Crippen LogP contribution in [0.1, 0.15) is 24.3 Å². The Balaban J connectivity index is 1.78. The molecule has 5 nitrogen and oxygen atoms in total. The molecule has 2 aromatic heterocycles. The van der Waals surface area contributed by atoms with Crippen molar-refractivity contribution in [3.8, 4) is 11.5 Å². The first-order valence-electron chi connectivity index (χ1n) is 6.24. The Morgan fingerprint density at radius 1 is 1.50 bits per heavy atom. The maximum atomic E-state index is 6.05. The molecule has 0 amide bonds. The Bertz CT molecular complexity index is 547. The van der Waals surface area contributed by atoms with Gasteiger partial charge in [0.2, 0.25) is 11.7 Å². The van der Waals surface area contributed by atoms with Crippen molar-refractivity contribution in [3.05, 3.63) is 29.8 Å². The lowest BCUT2D eigenvalue weighted by Gasteiger charge is -2.04. The van der Waals surface area contributed by atoms with Crippen molar-refractivity contribution in [3.63, 3.8) is 0 Å². The van der Waals surface area contributed by atoms with Gasteiger partial charge in [-0.05, 0) is 37.3 Å². The normalized spacial score (nSPS) is 16.8. The van der Waals surface area contributed by atoms with E-state index >= 15 is 0 Å². The van der Waals surface area contributed by atoms with Crippen LogP contribution in [-0.2, 0) is 6.42 Å². The monoisotopic (exact) mass is 244 g/mol. The number of hydrogen-bond acceptors (Lipinski definition) is 5. The molecule has 2 N–H and O–H groups in total. The van der Waals surface area contributed by atoms with Gasteiger partial charge in [-0.1, -0.05) is 11.2 Å². The van der Waals surface area contributed by atoms with E-state index in [-0.39, 0.29) is 6.04 Å². The van der Waals surface area contributed by atoms with Crippen LogP contribution < -0.4 is 5.73 Å². The Morgan fingerprint density at radius 3 is 3.06 bits per heavy atom. The molecule has 1 saturated carbocycles. The Hall–Kier alpha value is -1.75. The van der Waals surface area contributed by atoms with E-state index in [4.69, 9.17) is 10.3 Å². The van der Waals surface area contributed by atoms with Crippen LogP contribution in [0, 0.1) is 12.8 Å². The smallest absolute Gasteiger partial charge is 0.228 e. The fraction of sp³-hybridized carbons (Fsp3) is 0.462. The van der Waals surface area contributed by atoms with Crippen molar-refractivity contribution in [1.82, 2.24) is 15.1 Å². The van der Waals surface area contributed by atoms with Gasteiger partial charge in [0.05, 0.1) is 0 Å². The number of nitrogens with two attached hydrogens (primary N) is 1. The second-order valence-electron chi connectivity index (χ2n) is 4.89. The summed E-state index contributed by atoms with van der Waals surface area (Å²) in [5.41, 5.74) is 7.85. The molecule has 1 atom stereocenters. The van der Waals surface area contributed by atoms with Gasteiger partial charge in [-0.25, -0.2) is 0 Å². The van der Waals surface area contributed by atoms with E-state index in [0.717, 1.165) is 11.3 Å². The van der Waals surface area contributed by atoms with Gasteiger partial charge in [0, 0.05) is 18.7 Å². The van der Waals surface area contributed by atoms with Crippen molar-refractivity contribution in [1.29, 1.82) is 0 Å². The van der Waals surface area contributed by atoms with E-state index in [0.29, 0.717) is 24.1 Å². The summed E-state index contributed by atoms with van der Waals surface area (Å²) in [7, 11) is 0. The lowest BCUT2D eigenvalue weighted by molar-refractivity contribution is 0.363. The van der Waals surface area contributed by atoms with E-state index in [9.17, 15) is 0 Å². The minimum atomic E-state index is 0.142. The summed E-state index contributed by atoms with van der Waals surface area (Å²) in [6.07, 6.45) is 4.83. The van der Waals surface area contributed by atoms with Crippen molar-refractivity contribution >= 4 is 0 Å². The van der Waals surface area contributed by atoms with Gasteiger partial charge in [0.25, 0.3) is 0 Å². The maximum absolute atomic E-state index is 6.05. The standard InChI is InChI=1S/C13H16N4O/c1-8-3-2-6-15-12(8)13-16-11(18-17-13)7-10(14)9-4-5-9/h2-3,6,9-10H,4-5,7,14H2,1H3. The third-order valence-electron chi connectivity index (χ3n) is 3.33. The molecular formula is C13H16N4O. The fourth-order valence-corrected chi connectivity index (χ4v) is 2.05. The largest absolute Gasteiger partial charge is 0.339 e. The third-order valence-corrected chi connectivity index (χ3v) is 3.33. The zero-order valence-corrected chi connectivity index (χ0v) is 10.3. The van der Waals surface area contributed by atoms with Gasteiger partial charge >= 0.3 is 0 Å². The maximum Gasteiger partial charge on any atom is 0.228 e. The zero-order chi connectivity index (χ0) is 12.5. The number of aryl methyl sites for hydroxylation is 1. The molecular weight excluding hydrogens is 228 g/mol. The first-order chi connectivity index (χ1) is 8.74. The summed E-state index contributed by atoms with van der Waals surface area (Å²) in [4.78, 5) is 8.64. The summed E-state index contributed by atoms with van der Waals surface area (Å²) >= 11 is 0. The van der Waals surface area contributed by atoms with Gasteiger partial charge in [-0.3, -0.25) is 4.98 Å². The zero-order valence-electron chi connectivity index (χ0n) is 10.3. The van der Waals surface area contributed by atoms with Crippen LogP contribution in [0.15, 0.2) is 22.9 Å². The summed E-state index contributed by atoms with van der Waals surface area (Å²) in [5, 5.41) is 3.98. The molecule has 3 rings (SSSR count). The van der Waals surface area contributed by atoms with Crippen LogP contribution in [0.5, 0.6) is 0 Å². The fourth-order valence-electron chi connectivity index (χ4n) is 2.05. The molecule has 0 aliphatic heterocycles. The molecule has 0 bridgehead atoms. The molecule has 2 aromatic rings. The molecule has 1 aliphatic carbocycles. The highest BCUT2D eigenvalue weighted by Gasteiger charge is 2.29. The molecule has 18 heavy (non-hydrogen) atoms. The quantitative estimate of drug-likeness (QED) is 0.886. The molecule has 0 spiro atoms. The van der Waals surface area contributed by atoms with E-state index in [2.05, 4.69) is 15.1 Å². The van der Waals surface area contributed by atoms with Gasteiger partial charge in [0.15, 0.2) is 0 Å². The average Bonchev–Trinajstić information content (AvgIpc) is 3.12. The van der Waals surface area contributed by atoms with Crippen LogP contribution >= 0.6 is 0 Å². The van der Waals surface area contributed by atoms with Crippen molar-refractivity contribution < 1.29 is 4.52 Å². The molecule has 0 aromatic carbocycles. The first kappa shape index (κ1) is 11.3. The summed E-state index contributed by atoms with van der Waals surface area (Å²) in [6.45, 7) is 1.98. The molecule has 94 valence electrons. The number of aromatic nitrogens is 3. The van der Waals surface area contributed by atoms with E-state index < -0.39 is 0 Å². The molecule has 2 heterocycles. The third kappa shape index (κ3) is 2.26. The molecule has 0 radical (unpaired) electrons. The van der Waals surface area contributed by atoms with Crippen molar-refractivity contribution in [2.75, 3.05) is 0 Å². The Morgan fingerprint density at radius 2 is 2.33 bits per heavy atom. The highest BCUT2D eigenvalue weighted by molar-refractivity contribution is 5.53. The lowest BCUT2D eigenvalue weighted by atomic mass is 10.1. The minimum absolute atomic E-state index is 0.142. The van der Waals surface area contributed by atoms with Gasteiger partial charge in [0.1, 0.15) is 5.69 Å². The molecule has 1 fully saturated rings. The molecule has 0 saturated heterocycles. The van der Waals surface area contributed by atoms with Crippen LogP contribution in [-0.4, -0.2) is 21.2 Å². The van der Waals surface area contributed by atoms with E-state index in [1.165, 1.54) is 12.8 Å². The predicted octanol–water partition coefficient (Wildman–Crippen LogP) is 1.72. The van der Waals surface area contributed by atoms with Crippen LogP contribution in [0.4, 0.5) is 0 Å². The minimum Gasteiger partial charge on any atom is -0.339 e. The molecule has 1 aliphatic rings. The molecule has 5 heteroatoms. The number of pyridine rings is 1. The average molecular weight is 244 g/mol. The number of hydrogen-bond donors (Lipinski definition) is 1. The summed E-state index contributed by atoms with van der Waals surface area (Å²) in [6, 6.07) is 4.01. The van der Waals surface area contributed by atoms with Gasteiger partial charge in [-0.2, -0.15) is 4.98 Å². The van der Waals surface area contributed by atoms with E-state index in [1.807, 2.05) is 19.1 Å². The second kappa shape index (κ2) is 4.49. The Kier molecular flexibility index (Phi) is 2.83. The second-order valence-corrected chi connectivity index (χ2v) is 4.89. The highest BCUT2D eigenvalue weighted by atomic mass is 16.5. The highest BCUT2D eigenvalue weighted by Crippen LogP contribution is 2.32. The van der Waals surface area contributed by atoms with Gasteiger partial charge in [-0.15, -0.1) is 0 Å². The lowest BCUT2D eigenvalue weighted by Crippen LogP contribution is -2.25. The first-order valence-corrected chi connectivity index (χ1v) is 6.24. The summed E-state index contributed by atoms with van der Waals surface area (Å²) < 4.78 is 5.24. The van der Waals surface area contributed by atoms with Gasteiger partial charge < -0.3 is 10.3 Å². The Labute approximate surface area is 105 Å². The van der Waals surface area contributed by atoms with Crippen molar-refractivity contribution in [2.24, 2.45) is 11.7 Å².